The Balaban J connectivity index is 1.70. The van der Waals surface area contributed by atoms with Crippen molar-refractivity contribution in [1.82, 2.24) is 9.55 Å². The number of carbonyl (C=O) groups excluding carboxylic acids is 1. The number of nitro groups is 1. The first-order valence-electron chi connectivity index (χ1n) is 9.71. The zero-order valence-corrected chi connectivity index (χ0v) is 17.8. The van der Waals surface area contributed by atoms with Gasteiger partial charge in [-0.3, -0.25) is 14.9 Å². The predicted molar refractivity (Wildman–Crippen MR) is 113 cm³/mol. The summed E-state index contributed by atoms with van der Waals surface area (Å²) in [6.07, 6.45) is 5.97. The molecule has 1 aromatic carbocycles. The number of rotatable bonds is 7. The lowest BCUT2D eigenvalue weighted by Crippen LogP contribution is -2.18. The van der Waals surface area contributed by atoms with Gasteiger partial charge in [-0.15, -0.1) is 0 Å². The Labute approximate surface area is 174 Å². The summed E-state index contributed by atoms with van der Waals surface area (Å²) >= 11 is 1.37. The normalized spacial score (nSPS) is 14.6. The van der Waals surface area contributed by atoms with E-state index >= 15 is 0 Å². The molecule has 0 spiro atoms. The summed E-state index contributed by atoms with van der Waals surface area (Å²) < 4.78 is 7.29. The number of hydrogen-bond acceptors (Lipinski definition) is 6. The van der Waals surface area contributed by atoms with E-state index < -0.39 is 4.92 Å². The van der Waals surface area contributed by atoms with Crippen LogP contribution in [0.4, 0.5) is 11.4 Å². The Morgan fingerprint density at radius 2 is 2.07 bits per heavy atom. The van der Waals surface area contributed by atoms with Gasteiger partial charge in [-0.1, -0.05) is 31.0 Å². The largest absolute Gasteiger partial charge is 0.496 e. The summed E-state index contributed by atoms with van der Waals surface area (Å²) in [6.45, 7) is 4.06. The molecule has 1 N–H and O–H groups in total. The summed E-state index contributed by atoms with van der Waals surface area (Å²) in [5.41, 5.74) is 2.08. The second-order valence-electron chi connectivity index (χ2n) is 7.20. The molecule has 1 saturated carbocycles. The van der Waals surface area contributed by atoms with Gasteiger partial charge < -0.3 is 14.6 Å². The van der Waals surface area contributed by atoms with Gasteiger partial charge in [0.25, 0.3) is 5.69 Å². The highest BCUT2D eigenvalue weighted by Gasteiger charge is 2.23. The molecule has 0 aliphatic heterocycles. The second-order valence-corrected chi connectivity index (χ2v) is 8.15. The third-order valence-electron chi connectivity index (χ3n) is 5.30. The molecule has 1 fully saturated rings. The number of hydrogen-bond donors (Lipinski definition) is 1. The van der Waals surface area contributed by atoms with Gasteiger partial charge in [-0.25, -0.2) is 4.98 Å². The second kappa shape index (κ2) is 9.30. The Morgan fingerprint density at radius 3 is 2.72 bits per heavy atom. The maximum absolute atomic E-state index is 12.5. The predicted octanol–water partition coefficient (Wildman–Crippen LogP) is 4.65. The van der Waals surface area contributed by atoms with Crippen LogP contribution in [0, 0.1) is 24.0 Å². The third-order valence-corrected chi connectivity index (χ3v) is 6.25. The number of amides is 1. The maximum atomic E-state index is 12.5. The Bertz CT molecular complexity index is 906. The minimum Gasteiger partial charge on any atom is -0.496 e. The quantitative estimate of drug-likeness (QED) is 0.399. The van der Waals surface area contributed by atoms with Crippen LogP contribution in [0.3, 0.4) is 0 Å². The number of carbonyl (C=O) groups is 1. The average Bonchev–Trinajstić information content (AvgIpc) is 3.01. The SMILES string of the molecule is COc1ccc(NC(=O)CSc2nc(C)c(C)n2C2CCCCC2)c([N+](=O)[O-])c1. The lowest BCUT2D eigenvalue weighted by Gasteiger charge is -2.26. The van der Waals surface area contributed by atoms with E-state index in [0.717, 1.165) is 29.4 Å². The number of nitrogens with one attached hydrogen (secondary N) is 1. The molecule has 0 atom stereocenters. The molecular weight excluding hydrogens is 392 g/mol. The fraction of sp³-hybridized carbons (Fsp3) is 0.500. The zero-order chi connectivity index (χ0) is 21.0. The average molecular weight is 419 g/mol. The number of ether oxygens (including phenoxy) is 1. The van der Waals surface area contributed by atoms with Crippen molar-refractivity contribution in [3.05, 3.63) is 39.7 Å². The van der Waals surface area contributed by atoms with Crippen LogP contribution in [-0.2, 0) is 4.79 Å². The number of imidazole rings is 1. The van der Waals surface area contributed by atoms with Crippen LogP contribution in [0.5, 0.6) is 5.75 Å². The van der Waals surface area contributed by atoms with Crippen molar-refractivity contribution in [2.45, 2.75) is 57.1 Å². The highest BCUT2D eigenvalue weighted by atomic mass is 32.2. The first-order chi connectivity index (χ1) is 13.9. The molecule has 156 valence electrons. The van der Waals surface area contributed by atoms with Crippen molar-refractivity contribution in [3.8, 4) is 5.75 Å². The van der Waals surface area contributed by atoms with Crippen molar-refractivity contribution in [1.29, 1.82) is 0 Å². The molecule has 1 heterocycles. The van der Waals surface area contributed by atoms with Crippen molar-refractivity contribution < 1.29 is 14.5 Å². The lowest BCUT2D eigenvalue weighted by molar-refractivity contribution is -0.384. The van der Waals surface area contributed by atoms with Crippen LogP contribution in [0.15, 0.2) is 23.4 Å². The molecular formula is C20H26N4O4S. The van der Waals surface area contributed by atoms with E-state index in [-0.39, 0.29) is 23.0 Å². The van der Waals surface area contributed by atoms with E-state index in [1.54, 1.807) is 6.07 Å². The minimum absolute atomic E-state index is 0.131. The number of aryl methyl sites for hydroxylation is 1. The van der Waals surface area contributed by atoms with E-state index in [9.17, 15) is 14.9 Å². The van der Waals surface area contributed by atoms with Crippen molar-refractivity contribution in [2.24, 2.45) is 0 Å². The van der Waals surface area contributed by atoms with E-state index in [1.807, 2.05) is 6.92 Å². The Morgan fingerprint density at radius 1 is 1.34 bits per heavy atom. The van der Waals surface area contributed by atoms with Gasteiger partial charge in [0.1, 0.15) is 11.4 Å². The van der Waals surface area contributed by atoms with Crippen molar-refractivity contribution >= 4 is 29.0 Å². The van der Waals surface area contributed by atoms with E-state index in [4.69, 9.17) is 4.74 Å². The zero-order valence-electron chi connectivity index (χ0n) is 16.9. The van der Waals surface area contributed by atoms with Gasteiger partial charge in [0.2, 0.25) is 5.91 Å². The fourth-order valence-corrected chi connectivity index (χ4v) is 4.64. The number of nitro benzene ring substituents is 1. The summed E-state index contributed by atoms with van der Waals surface area (Å²) in [7, 11) is 1.44. The molecule has 1 aromatic heterocycles. The van der Waals surface area contributed by atoms with Crippen molar-refractivity contribution in [2.75, 3.05) is 18.2 Å². The molecule has 1 aliphatic carbocycles. The van der Waals surface area contributed by atoms with Gasteiger partial charge in [0.05, 0.1) is 29.5 Å². The van der Waals surface area contributed by atoms with Gasteiger partial charge >= 0.3 is 0 Å². The number of nitrogens with zero attached hydrogens (tertiary/aromatic N) is 3. The van der Waals surface area contributed by atoms with Crippen LogP contribution in [0.2, 0.25) is 0 Å². The van der Waals surface area contributed by atoms with E-state index in [1.165, 1.54) is 50.3 Å². The number of methoxy groups -OCH3 is 1. The number of benzene rings is 1. The Hall–Kier alpha value is -2.55. The Kier molecular flexibility index (Phi) is 6.79. The molecule has 0 radical (unpaired) electrons. The van der Waals surface area contributed by atoms with Crippen LogP contribution >= 0.6 is 11.8 Å². The molecule has 0 unspecified atom stereocenters. The number of aromatic nitrogens is 2. The van der Waals surface area contributed by atoms with E-state index in [2.05, 4.69) is 21.8 Å². The van der Waals surface area contributed by atoms with Gasteiger partial charge in [0, 0.05) is 11.7 Å². The number of thioether (sulfide) groups is 1. The van der Waals surface area contributed by atoms with Crippen LogP contribution in [0.25, 0.3) is 0 Å². The first-order valence-corrected chi connectivity index (χ1v) is 10.7. The monoisotopic (exact) mass is 418 g/mol. The summed E-state index contributed by atoms with van der Waals surface area (Å²) in [5.74, 6) is 0.188. The molecule has 9 heteroatoms. The molecule has 0 saturated heterocycles. The van der Waals surface area contributed by atoms with Gasteiger partial charge in [0.15, 0.2) is 5.16 Å². The molecule has 8 nitrogen and oxygen atoms in total. The summed E-state index contributed by atoms with van der Waals surface area (Å²) in [4.78, 5) is 27.9. The first kappa shape index (κ1) is 21.2. The van der Waals surface area contributed by atoms with E-state index in [0.29, 0.717) is 11.8 Å². The molecule has 1 aliphatic rings. The molecule has 0 bridgehead atoms. The standard InChI is InChI=1S/C20H26N4O4S/c1-13-14(2)23(15-7-5-4-6-8-15)20(21-13)29-12-19(25)22-17-10-9-16(28-3)11-18(17)24(26)27/h9-11,15H,4-8,12H2,1-3H3,(H,22,25). The molecule has 1 amide bonds. The van der Waals surface area contributed by atoms with Crippen LogP contribution in [-0.4, -0.2) is 33.2 Å². The number of anilines is 1. The highest BCUT2D eigenvalue weighted by molar-refractivity contribution is 7.99. The van der Waals surface area contributed by atoms with Gasteiger partial charge in [-0.2, -0.15) is 0 Å². The van der Waals surface area contributed by atoms with Crippen molar-refractivity contribution in [3.63, 3.8) is 0 Å². The summed E-state index contributed by atoms with van der Waals surface area (Å²) in [5, 5.41) is 14.8. The lowest BCUT2D eigenvalue weighted by atomic mass is 9.95. The van der Waals surface area contributed by atoms with Crippen LogP contribution in [0.1, 0.15) is 49.5 Å². The molecule has 2 aromatic rings. The summed E-state index contributed by atoms with van der Waals surface area (Å²) in [6, 6.07) is 4.79. The topological polar surface area (TPSA) is 99.3 Å². The highest BCUT2D eigenvalue weighted by Crippen LogP contribution is 2.34. The van der Waals surface area contributed by atoms with Gasteiger partial charge in [-0.05, 0) is 38.8 Å². The third kappa shape index (κ3) is 4.90. The minimum atomic E-state index is -0.534. The fourth-order valence-electron chi connectivity index (χ4n) is 3.68. The van der Waals surface area contributed by atoms with Crippen LogP contribution < -0.4 is 10.1 Å². The maximum Gasteiger partial charge on any atom is 0.296 e. The smallest absolute Gasteiger partial charge is 0.296 e. The molecule has 29 heavy (non-hydrogen) atoms. The molecule has 3 rings (SSSR count).